The molecule has 0 radical (unpaired) electrons. The van der Waals surface area contributed by atoms with Gasteiger partial charge in [0.1, 0.15) is 17.4 Å². The Morgan fingerprint density at radius 2 is 1.69 bits per heavy atom. The van der Waals surface area contributed by atoms with Gasteiger partial charge in [0.2, 0.25) is 0 Å². The largest absolute Gasteiger partial charge is 0.493 e. The molecule has 4 aliphatic heterocycles. The van der Waals surface area contributed by atoms with Gasteiger partial charge in [-0.25, -0.2) is 4.79 Å². The SMILES string of the molecule is O=C(O)CCOc1ccc(C(=O)N2CC(NC(=O)O[C@H]3CN4CCC3CC4)(c3ccccc3)C2)cc1. The molecule has 2 bridgehead atoms. The zero-order valence-corrected chi connectivity index (χ0v) is 20.1. The van der Waals surface area contributed by atoms with Crippen molar-refractivity contribution in [3.8, 4) is 5.75 Å². The highest BCUT2D eigenvalue weighted by molar-refractivity contribution is 5.95. The fourth-order valence-corrected chi connectivity index (χ4v) is 5.38. The third kappa shape index (κ3) is 5.16. The van der Waals surface area contributed by atoms with Crippen LogP contribution in [0.2, 0.25) is 0 Å². The van der Waals surface area contributed by atoms with Crippen molar-refractivity contribution < 1.29 is 29.0 Å². The Morgan fingerprint density at radius 3 is 2.31 bits per heavy atom. The van der Waals surface area contributed by atoms with Gasteiger partial charge in [-0.1, -0.05) is 30.3 Å². The van der Waals surface area contributed by atoms with Crippen LogP contribution in [0, 0.1) is 5.92 Å². The number of aliphatic carboxylic acids is 1. The predicted octanol–water partition coefficient (Wildman–Crippen LogP) is 2.71. The van der Waals surface area contributed by atoms with Gasteiger partial charge in [-0.15, -0.1) is 0 Å². The van der Waals surface area contributed by atoms with Gasteiger partial charge >= 0.3 is 12.1 Å². The molecule has 0 spiro atoms. The van der Waals surface area contributed by atoms with Gasteiger partial charge in [0.25, 0.3) is 5.91 Å². The monoisotopic (exact) mass is 493 g/mol. The van der Waals surface area contributed by atoms with Crippen LogP contribution >= 0.6 is 0 Å². The van der Waals surface area contributed by atoms with E-state index in [2.05, 4.69) is 10.2 Å². The molecule has 9 nitrogen and oxygen atoms in total. The zero-order valence-electron chi connectivity index (χ0n) is 20.1. The highest BCUT2D eigenvalue weighted by Gasteiger charge is 2.49. The van der Waals surface area contributed by atoms with E-state index >= 15 is 0 Å². The average Bonchev–Trinajstić information content (AvgIpc) is 2.87. The van der Waals surface area contributed by atoms with Gasteiger partial charge in [-0.2, -0.15) is 0 Å². The first kappa shape index (κ1) is 24.1. The lowest BCUT2D eigenvalue weighted by molar-refractivity contribution is -0.137. The van der Waals surface area contributed by atoms with Crippen molar-refractivity contribution in [1.82, 2.24) is 15.1 Å². The normalized spacial score (nSPS) is 23.9. The van der Waals surface area contributed by atoms with Crippen molar-refractivity contribution >= 4 is 18.0 Å². The number of piperidine rings is 3. The molecule has 0 aromatic heterocycles. The van der Waals surface area contributed by atoms with Crippen LogP contribution in [0.5, 0.6) is 5.75 Å². The van der Waals surface area contributed by atoms with E-state index in [1.54, 1.807) is 29.2 Å². The first-order chi connectivity index (χ1) is 17.4. The van der Waals surface area contributed by atoms with Crippen LogP contribution in [0.25, 0.3) is 0 Å². The number of fused-ring (bicyclic) bond motifs is 3. The summed E-state index contributed by atoms with van der Waals surface area (Å²) in [5.41, 5.74) is 0.723. The molecule has 4 heterocycles. The second-order valence-corrected chi connectivity index (χ2v) is 9.83. The molecule has 4 fully saturated rings. The van der Waals surface area contributed by atoms with Gasteiger partial charge in [0, 0.05) is 12.1 Å². The molecule has 2 amide bonds. The molecule has 4 aliphatic rings. The summed E-state index contributed by atoms with van der Waals surface area (Å²) >= 11 is 0. The number of rotatable bonds is 8. The number of ether oxygens (including phenoxy) is 2. The number of nitrogens with one attached hydrogen (secondary N) is 1. The topological polar surface area (TPSA) is 108 Å². The maximum absolute atomic E-state index is 13.1. The van der Waals surface area contributed by atoms with Crippen molar-refractivity contribution in [2.24, 2.45) is 5.92 Å². The van der Waals surface area contributed by atoms with Crippen LogP contribution < -0.4 is 10.1 Å². The minimum atomic E-state index is -0.928. The molecule has 36 heavy (non-hydrogen) atoms. The number of likely N-dealkylation sites (tertiary alicyclic amines) is 1. The predicted molar refractivity (Wildman–Crippen MR) is 131 cm³/mol. The molecule has 9 heteroatoms. The molecule has 0 aliphatic carbocycles. The smallest absolute Gasteiger partial charge is 0.408 e. The second kappa shape index (κ2) is 10.2. The lowest BCUT2D eigenvalue weighted by Gasteiger charge is -2.51. The number of carbonyl (C=O) groups excluding carboxylic acids is 2. The van der Waals surface area contributed by atoms with Crippen LogP contribution in [0.3, 0.4) is 0 Å². The van der Waals surface area contributed by atoms with E-state index in [1.807, 2.05) is 30.3 Å². The first-order valence-corrected chi connectivity index (χ1v) is 12.4. The van der Waals surface area contributed by atoms with Gasteiger partial charge in [-0.3, -0.25) is 14.5 Å². The molecule has 0 unspecified atom stereocenters. The summed E-state index contributed by atoms with van der Waals surface area (Å²) in [6, 6.07) is 16.3. The van der Waals surface area contributed by atoms with Gasteiger partial charge < -0.3 is 24.8 Å². The Morgan fingerprint density at radius 1 is 1.00 bits per heavy atom. The maximum atomic E-state index is 13.1. The summed E-state index contributed by atoms with van der Waals surface area (Å²) in [6.45, 7) is 3.68. The number of benzene rings is 2. The second-order valence-electron chi connectivity index (χ2n) is 9.83. The molecule has 0 saturated carbocycles. The molecule has 2 aromatic rings. The number of hydrogen-bond donors (Lipinski definition) is 2. The summed E-state index contributed by atoms with van der Waals surface area (Å²) < 4.78 is 11.3. The Bertz CT molecular complexity index is 1090. The molecule has 2 N–H and O–H groups in total. The summed E-state index contributed by atoms with van der Waals surface area (Å²) in [5.74, 6) is -0.148. The van der Waals surface area contributed by atoms with E-state index in [9.17, 15) is 14.4 Å². The van der Waals surface area contributed by atoms with E-state index in [0.29, 0.717) is 30.3 Å². The fraction of sp³-hybridized carbons (Fsp3) is 0.444. The summed E-state index contributed by atoms with van der Waals surface area (Å²) in [7, 11) is 0. The number of alkyl carbamates (subject to hydrolysis) is 1. The van der Waals surface area contributed by atoms with Crippen molar-refractivity contribution in [3.63, 3.8) is 0 Å². The standard InChI is InChI=1S/C27H31N3O6/c31-24(32)12-15-35-22-8-6-20(7-9-22)25(33)30-17-27(18-30,21-4-2-1-3-5-21)28-26(34)36-23-16-29-13-10-19(23)11-14-29/h1-9,19,23H,10-18H2,(H,28,34)(H,31,32)/t23-/m0/s1. The van der Waals surface area contributed by atoms with Crippen LogP contribution in [0.4, 0.5) is 4.79 Å². The van der Waals surface area contributed by atoms with Crippen LogP contribution in [0.15, 0.2) is 54.6 Å². The Balaban J connectivity index is 1.22. The zero-order chi connectivity index (χ0) is 25.1. The first-order valence-electron chi connectivity index (χ1n) is 12.4. The molecule has 1 atom stereocenters. The third-order valence-electron chi connectivity index (χ3n) is 7.42. The molecular formula is C27H31N3O6. The summed E-state index contributed by atoms with van der Waals surface area (Å²) in [6.07, 6.45) is 1.51. The average molecular weight is 494 g/mol. The van der Waals surface area contributed by atoms with Crippen molar-refractivity contribution in [2.45, 2.75) is 30.9 Å². The minimum Gasteiger partial charge on any atom is -0.493 e. The number of nitrogens with zero attached hydrogens (tertiary/aromatic N) is 2. The summed E-state index contributed by atoms with van der Waals surface area (Å²) in [5, 5.41) is 11.8. The van der Waals surface area contributed by atoms with Crippen LogP contribution in [-0.4, -0.2) is 78.3 Å². The van der Waals surface area contributed by atoms with Crippen molar-refractivity contribution in [1.29, 1.82) is 0 Å². The fourth-order valence-electron chi connectivity index (χ4n) is 5.38. The van der Waals surface area contributed by atoms with E-state index in [4.69, 9.17) is 14.6 Å². The quantitative estimate of drug-likeness (QED) is 0.582. The van der Waals surface area contributed by atoms with Crippen molar-refractivity contribution in [3.05, 3.63) is 65.7 Å². The van der Waals surface area contributed by atoms with Gasteiger partial charge in [0.05, 0.1) is 26.1 Å². The lowest BCUT2D eigenvalue weighted by atomic mass is 9.82. The maximum Gasteiger partial charge on any atom is 0.408 e. The number of carbonyl (C=O) groups is 3. The molecular weight excluding hydrogens is 462 g/mol. The van der Waals surface area contributed by atoms with Crippen LogP contribution in [0.1, 0.15) is 35.2 Å². The Kier molecular flexibility index (Phi) is 6.82. The number of carboxylic acid groups (broad SMARTS) is 1. The van der Waals surface area contributed by atoms with Gasteiger partial charge in [0.15, 0.2) is 0 Å². The Hall–Kier alpha value is -3.59. The molecule has 6 rings (SSSR count). The van der Waals surface area contributed by atoms with E-state index in [1.165, 1.54) is 0 Å². The number of amides is 2. The third-order valence-corrected chi connectivity index (χ3v) is 7.42. The number of hydrogen-bond acceptors (Lipinski definition) is 6. The van der Waals surface area contributed by atoms with E-state index in [-0.39, 0.29) is 25.0 Å². The molecule has 190 valence electrons. The van der Waals surface area contributed by atoms with E-state index < -0.39 is 17.6 Å². The Labute approximate surface area is 210 Å². The van der Waals surface area contributed by atoms with E-state index in [0.717, 1.165) is 38.0 Å². The van der Waals surface area contributed by atoms with Crippen molar-refractivity contribution in [2.75, 3.05) is 39.3 Å². The van der Waals surface area contributed by atoms with Gasteiger partial charge in [-0.05, 0) is 61.7 Å². The summed E-state index contributed by atoms with van der Waals surface area (Å²) in [4.78, 5) is 40.8. The van der Waals surface area contributed by atoms with Crippen LogP contribution in [-0.2, 0) is 15.1 Å². The highest BCUT2D eigenvalue weighted by Crippen LogP contribution is 2.34. The number of carboxylic acids is 1. The minimum absolute atomic E-state index is 0.0652. The molecule has 4 saturated heterocycles. The highest BCUT2D eigenvalue weighted by atomic mass is 16.6. The lowest BCUT2D eigenvalue weighted by Crippen LogP contribution is -2.69. The molecule has 2 aromatic carbocycles.